The lowest BCUT2D eigenvalue weighted by molar-refractivity contribution is 0.0170. The average Bonchev–Trinajstić information content (AvgIpc) is 2.77. The zero-order chi connectivity index (χ0) is 20.5. The van der Waals surface area contributed by atoms with E-state index in [2.05, 4.69) is 27.7 Å². The quantitative estimate of drug-likeness (QED) is 0.641. The van der Waals surface area contributed by atoms with Crippen LogP contribution in [0.15, 0.2) is 48.5 Å². The predicted molar refractivity (Wildman–Crippen MR) is 120 cm³/mol. The number of benzene rings is 2. The number of hydrogen-bond acceptors (Lipinski definition) is 5. The number of nitrogens with zero attached hydrogens (tertiary/aromatic N) is 1. The van der Waals surface area contributed by atoms with Gasteiger partial charge in [0.05, 0.1) is 33.0 Å². The molecule has 0 amide bonds. The van der Waals surface area contributed by atoms with Gasteiger partial charge in [0.1, 0.15) is 11.5 Å². The van der Waals surface area contributed by atoms with Crippen molar-refractivity contribution in [3.8, 4) is 11.5 Å². The smallest absolute Gasteiger partial charge is 0.170 e. The Morgan fingerprint density at radius 3 is 2.34 bits per heavy atom. The van der Waals surface area contributed by atoms with E-state index < -0.39 is 0 Å². The summed E-state index contributed by atoms with van der Waals surface area (Å²) < 4.78 is 16.3. The van der Waals surface area contributed by atoms with Gasteiger partial charge in [-0.15, -0.1) is 0 Å². The first-order valence-corrected chi connectivity index (χ1v) is 10.3. The molecule has 3 rings (SSSR count). The monoisotopic (exact) mass is 415 g/mol. The summed E-state index contributed by atoms with van der Waals surface area (Å²) in [7, 11) is 1.68. The van der Waals surface area contributed by atoms with E-state index in [0.29, 0.717) is 18.3 Å². The van der Waals surface area contributed by atoms with Crippen molar-refractivity contribution in [2.75, 3.05) is 51.9 Å². The number of methoxy groups -OCH3 is 1. The van der Waals surface area contributed by atoms with Crippen LogP contribution in [0.4, 0.5) is 5.69 Å². The van der Waals surface area contributed by atoms with Crippen molar-refractivity contribution in [1.29, 1.82) is 0 Å². The van der Waals surface area contributed by atoms with Crippen molar-refractivity contribution in [2.24, 2.45) is 0 Å². The van der Waals surface area contributed by atoms with Gasteiger partial charge in [-0.1, -0.05) is 12.1 Å². The maximum Gasteiger partial charge on any atom is 0.170 e. The number of nitrogens with one attached hydrogen (secondary N) is 2. The second-order valence-corrected chi connectivity index (χ2v) is 7.14. The fraction of sp³-hybridized carbons (Fsp3) is 0.409. The van der Waals surface area contributed by atoms with E-state index in [1.54, 1.807) is 7.11 Å². The van der Waals surface area contributed by atoms with Gasteiger partial charge in [0.25, 0.3) is 0 Å². The van der Waals surface area contributed by atoms with Crippen LogP contribution in [0.25, 0.3) is 0 Å². The van der Waals surface area contributed by atoms with Crippen molar-refractivity contribution in [3.05, 3.63) is 54.1 Å². The molecule has 0 aromatic heterocycles. The molecule has 2 aromatic rings. The summed E-state index contributed by atoms with van der Waals surface area (Å²) in [5.41, 5.74) is 2.15. The van der Waals surface area contributed by atoms with E-state index in [9.17, 15) is 0 Å². The summed E-state index contributed by atoms with van der Waals surface area (Å²) in [6.07, 6.45) is 0. The summed E-state index contributed by atoms with van der Waals surface area (Å²) in [4.78, 5) is 2.43. The van der Waals surface area contributed by atoms with Crippen molar-refractivity contribution < 1.29 is 14.2 Å². The number of rotatable bonds is 8. The molecule has 1 atom stereocenters. The van der Waals surface area contributed by atoms with E-state index in [1.165, 1.54) is 5.56 Å². The molecule has 2 aromatic carbocycles. The molecule has 1 saturated heterocycles. The van der Waals surface area contributed by atoms with Crippen LogP contribution in [-0.2, 0) is 4.74 Å². The van der Waals surface area contributed by atoms with Gasteiger partial charge in [-0.2, -0.15) is 0 Å². The molecule has 0 spiro atoms. The lowest BCUT2D eigenvalue weighted by atomic mass is 10.0. The Morgan fingerprint density at radius 2 is 1.72 bits per heavy atom. The molecule has 7 heteroatoms. The predicted octanol–water partition coefficient (Wildman–Crippen LogP) is 3.45. The second-order valence-electron chi connectivity index (χ2n) is 6.73. The highest BCUT2D eigenvalue weighted by molar-refractivity contribution is 7.80. The van der Waals surface area contributed by atoms with Crippen LogP contribution in [0.3, 0.4) is 0 Å². The largest absolute Gasteiger partial charge is 0.497 e. The molecule has 6 nitrogen and oxygen atoms in total. The molecule has 0 aliphatic carbocycles. The molecular weight excluding hydrogens is 386 g/mol. The van der Waals surface area contributed by atoms with Crippen LogP contribution in [0, 0.1) is 0 Å². The first-order chi connectivity index (χ1) is 14.2. The molecular formula is C22H29N3O3S. The normalized spacial score (nSPS) is 15.4. The molecule has 29 heavy (non-hydrogen) atoms. The molecule has 2 N–H and O–H groups in total. The highest BCUT2D eigenvalue weighted by atomic mass is 32.1. The van der Waals surface area contributed by atoms with Crippen molar-refractivity contribution in [3.63, 3.8) is 0 Å². The molecule has 1 aliphatic heterocycles. The van der Waals surface area contributed by atoms with Crippen LogP contribution < -0.4 is 20.1 Å². The second kappa shape index (κ2) is 11.0. The van der Waals surface area contributed by atoms with Crippen LogP contribution in [0.1, 0.15) is 18.5 Å². The average molecular weight is 416 g/mol. The minimum Gasteiger partial charge on any atom is -0.497 e. The van der Waals surface area contributed by atoms with Crippen LogP contribution in [0.2, 0.25) is 0 Å². The first-order valence-electron chi connectivity index (χ1n) is 9.93. The summed E-state index contributed by atoms with van der Waals surface area (Å²) >= 11 is 5.51. The summed E-state index contributed by atoms with van der Waals surface area (Å²) in [5.74, 6) is 1.71. The standard InChI is InChI=1S/C22H29N3O3S/c1-3-28-20-10-6-18(7-11-20)24-22(29)23-16-21(25-12-14-27-15-13-25)17-4-8-19(26-2)9-5-17/h4-11,21H,3,12-16H2,1-2H3,(H2,23,24,29)/t21-/m0/s1. The lowest BCUT2D eigenvalue weighted by Gasteiger charge is -2.35. The van der Waals surface area contributed by atoms with Gasteiger partial charge in [-0.3, -0.25) is 4.90 Å². The van der Waals surface area contributed by atoms with E-state index in [1.807, 2.05) is 43.3 Å². The van der Waals surface area contributed by atoms with E-state index in [-0.39, 0.29) is 6.04 Å². The number of anilines is 1. The van der Waals surface area contributed by atoms with E-state index in [4.69, 9.17) is 26.4 Å². The Bertz CT molecular complexity index is 762. The SMILES string of the molecule is CCOc1ccc(NC(=S)NC[C@@H](c2ccc(OC)cc2)N2CCOCC2)cc1. The summed E-state index contributed by atoms with van der Waals surface area (Å²) in [5, 5.41) is 7.21. The first kappa shape index (κ1) is 21.4. The Hall–Kier alpha value is -2.35. The summed E-state index contributed by atoms with van der Waals surface area (Å²) in [6.45, 7) is 6.63. The number of morpholine rings is 1. The fourth-order valence-electron chi connectivity index (χ4n) is 3.34. The zero-order valence-corrected chi connectivity index (χ0v) is 17.8. The Morgan fingerprint density at radius 1 is 1.07 bits per heavy atom. The maximum absolute atomic E-state index is 5.52. The van der Waals surface area contributed by atoms with Crippen LogP contribution >= 0.6 is 12.2 Å². The van der Waals surface area contributed by atoms with E-state index in [0.717, 1.165) is 43.5 Å². The van der Waals surface area contributed by atoms with Crippen molar-refractivity contribution in [1.82, 2.24) is 10.2 Å². The van der Waals surface area contributed by atoms with Gasteiger partial charge in [-0.05, 0) is 61.1 Å². The van der Waals surface area contributed by atoms with E-state index >= 15 is 0 Å². The third-order valence-electron chi connectivity index (χ3n) is 4.87. The zero-order valence-electron chi connectivity index (χ0n) is 17.0. The third-order valence-corrected chi connectivity index (χ3v) is 5.11. The molecule has 0 radical (unpaired) electrons. The van der Waals surface area contributed by atoms with Gasteiger partial charge < -0.3 is 24.8 Å². The van der Waals surface area contributed by atoms with Crippen molar-refractivity contribution >= 4 is 23.0 Å². The minimum absolute atomic E-state index is 0.199. The maximum atomic E-state index is 5.52. The van der Waals surface area contributed by atoms with Gasteiger partial charge in [0.2, 0.25) is 0 Å². The van der Waals surface area contributed by atoms with Gasteiger partial charge in [0.15, 0.2) is 5.11 Å². The Balaban J connectivity index is 1.61. The molecule has 156 valence electrons. The molecule has 1 fully saturated rings. The molecule has 1 aliphatic rings. The topological polar surface area (TPSA) is 55.0 Å². The molecule has 0 bridgehead atoms. The highest BCUT2D eigenvalue weighted by Gasteiger charge is 2.23. The fourth-order valence-corrected chi connectivity index (χ4v) is 3.54. The third kappa shape index (κ3) is 6.32. The van der Waals surface area contributed by atoms with Gasteiger partial charge in [0, 0.05) is 25.3 Å². The highest BCUT2D eigenvalue weighted by Crippen LogP contribution is 2.24. The minimum atomic E-state index is 0.199. The van der Waals surface area contributed by atoms with Crippen molar-refractivity contribution in [2.45, 2.75) is 13.0 Å². The number of thiocarbonyl (C=S) groups is 1. The molecule has 0 unspecified atom stereocenters. The van der Waals surface area contributed by atoms with Gasteiger partial charge >= 0.3 is 0 Å². The lowest BCUT2D eigenvalue weighted by Crippen LogP contribution is -2.44. The number of ether oxygens (including phenoxy) is 3. The molecule has 0 saturated carbocycles. The molecule has 1 heterocycles. The van der Waals surface area contributed by atoms with Crippen LogP contribution in [-0.4, -0.2) is 56.6 Å². The number of hydrogen-bond donors (Lipinski definition) is 2. The Kier molecular flexibility index (Phi) is 8.10. The van der Waals surface area contributed by atoms with Crippen LogP contribution in [0.5, 0.6) is 11.5 Å². The van der Waals surface area contributed by atoms with Gasteiger partial charge in [-0.25, -0.2) is 0 Å². The Labute approximate surface area is 178 Å². The summed E-state index contributed by atoms with van der Waals surface area (Å²) in [6, 6.07) is 16.2.